The third kappa shape index (κ3) is 3.63. The second-order valence-corrected chi connectivity index (χ2v) is 4.37. The molecule has 0 saturated heterocycles. The van der Waals surface area contributed by atoms with Crippen molar-refractivity contribution in [3.63, 3.8) is 0 Å². The SMILES string of the molecule is CC(CCc1ccc(F)cc1Br)C(=O)O. The minimum Gasteiger partial charge on any atom is -0.481 e. The number of benzene rings is 1. The van der Waals surface area contributed by atoms with Crippen LogP contribution in [0.1, 0.15) is 18.9 Å². The van der Waals surface area contributed by atoms with Crippen LogP contribution >= 0.6 is 15.9 Å². The highest BCUT2D eigenvalue weighted by Gasteiger charge is 2.11. The first-order valence-corrected chi connectivity index (χ1v) is 5.46. The molecule has 0 aliphatic rings. The molecule has 0 saturated carbocycles. The van der Waals surface area contributed by atoms with Crippen LogP contribution in [-0.2, 0) is 11.2 Å². The number of hydrogen-bond donors (Lipinski definition) is 1. The summed E-state index contributed by atoms with van der Waals surface area (Å²) in [6.45, 7) is 1.67. The second-order valence-electron chi connectivity index (χ2n) is 3.51. The van der Waals surface area contributed by atoms with Crippen LogP contribution in [0.4, 0.5) is 4.39 Å². The van der Waals surface area contributed by atoms with Crippen LogP contribution < -0.4 is 0 Å². The molecule has 15 heavy (non-hydrogen) atoms. The normalized spacial score (nSPS) is 12.5. The first kappa shape index (κ1) is 12.2. The molecule has 1 unspecified atom stereocenters. The van der Waals surface area contributed by atoms with E-state index in [0.717, 1.165) is 5.56 Å². The summed E-state index contributed by atoms with van der Waals surface area (Å²) in [6.07, 6.45) is 1.19. The molecule has 1 aromatic carbocycles. The van der Waals surface area contributed by atoms with Gasteiger partial charge >= 0.3 is 5.97 Å². The third-order valence-corrected chi connectivity index (χ3v) is 3.02. The van der Waals surface area contributed by atoms with E-state index >= 15 is 0 Å². The van der Waals surface area contributed by atoms with E-state index in [2.05, 4.69) is 15.9 Å². The number of carbonyl (C=O) groups is 1. The lowest BCUT2D eigenvalue weighted by Gasteiger charge is -2.07. The average molecular weight is 275 g/mol. The molecule has 82 valence electrons. The Hall–Kier alpha value is -0.900. The minimum atomic E-state index is -0.798. The summed E-state index contributed by atoms with van der Waals surface area (Å²) in [4.78, 5) is 10.6. The summed E-state index contributed by atoms with van der Waals surface area (Å²) in [5, 5.41) is 8.70. The van der Waals surface area contributed by atoms with Crippen LogP contribution in [0.5, 0.6) is 0 Å². The lowest BCUT2D eigenvalue weighted by atomic mass is 10.0. The summed E-state index contributed by atoms with van der Waals surface area (Å²) in [5.41, 5.74) is 0.935. The number of aliphatic carboxylic acids is 1. The zero-order valence-electron chi connectivity index (χ0n) is 8.34. The van der Waals surface area contributed by atoms with Crippen molar-refractivity contribution in [3.05, 3.63) is 34.1 Å². The fraction of sp³-hybridized carbons (Fsp3) is 0.364. The lowest BCUT2D eigenvalue weighted by molar-refractivity contribution is -0.141. The van der Waals surface area contributed by atoms with Gasteiger partial charge < -0.3 is 5.11 Å². The summed E-state index contributed by atoms with van der Waals surface area (Å²) < 4.78 is 13.4. The second kappa shape index (κ2) is 5.26. The predicted octanol–water partition coefficient (Wildman–Crippen LogP) is 3.24. The largest absolute Gasteiger partial charge is 0.481 e. The van der Waals surface area contributed by atoms with Crippen molar-refractivity contribution in [1.29, 1.82) is 0 Å². The topological polar surface area (TPSA) is 37.3 Å². The van der Waals surface area contributed by atoms with E-state index in [9.17, 15) is 9.18 Å². The molecule has 1 aromatic rings. The molecule has 0 aromatic heterocycles. The Morgan fingerprint density at radius 1 is 1.60 bits per heavy atom. The summed E-state index contributed by atoms with van der Waals surface area (Å²) >= 11 is 3.25. The molecule has 0 heterocycles. The molecule has 4 heteroatoms. The highest BCUT2D eigenvalue weighted by Crippen LogP contribution is 2.20. The Kier molecular flexibility index (Phi) is 4.27. The molecule has 1 rings (SSSR count). The van der Waals surface area contributed by atoms with Crippen LogP contribution in [0.2, 0.25) is 0 Å². The van der Waals surface area contributed by atoms with Crippen LogP contribution in [0.3, 0.4) is 0 Å². The highest BCUT2D eigenvalue weighted by atomic mass is 79.9. The van der Waals surface area contributed by atoms with Gasteiger partial charge in [0.15, 0.2) is 0 Å². The number of rotatable bonds is 4. The third-order valence-electron chi connectivity index (χ3n) is 2.28. The van der Waals surface area contributed by atoms with Gasteiger partial charge in [-0.2, -0.15) is 0 Å². The molecular weight excluding hydrogens is 263 g/mol. The lowest BCUT2D eigenvalue weighted by Crippen LogP contribution is -2.10. The zero-order valence-corrected chi connectivity index (χ0v) is 9.92. The number of aryl methyl sites for hydroxylation is 1. The molecule has 2 nitrogen and oxygen atoms in total. The quantitative estimate of drug-likeness (QED) is 0.915. The van der Waals surface area contributed by atoms with Gasteiger partial charge in [-0.1, -0.05) is 28.9 Å². The van der Waals surface area contributed by atoms with E-state index in [1.807, 2.05) is 0 Å². The molecule has 0 bridgehead atoms. The van der Waals surface area contributed by atoms with Crippen LogP contribution in [0, 0.1) is 11.7 Å². The van der Waals surface area contributed by atoms with E-state index in [0.29, 0.717) is 17.3 Å². The van der Waals surface area contributed by atoms with E-state index in [4.69, 9.17) is 5.11 Å². The van der Waals surface area contributed by atoms with E-state index < -0.39 is 5.97 Å². The highest BCUT2D eigenvalue weighted by molar-refractivity contribution is 9.10. The van der Waals surface area contributed by atoms with Crippen LogP contribution in [0.15, 0.2) is 22.7 Å². The van der Waals surface area contributed by atoms with Crippen molar-refractivity contribution in [2.45, 2.75) is 19.8 Å². The summed E-state index contributed by atoms with van der Waals surface area (Å²) in [7, 11) is 0. The van der Waals surface area contributed by atoms with Crippen molar-refractivity contribution in [2.75, 3.05) is 0 Å². The Labute approximate surface area is 96.2 Å². The van der Waals surface area contributed by atoms with Gasteiger partial charge in [-0.3, -0.25) is 4.79 Å². The molecule has 0 radical (unpaired) electrons. The van der Waals surface area contributed by atoms with Gasteiger partial charge in [0.25, 0.3) is 0 Å². The maximum absolute atomic E-state index is 12.8. The zero-order chi connectivity index (χ0) is 11.4. The molecule has 0 spiro atoms. The summed E-state index contributed by atoms with van der Waals surface area (Å²) in [5.74, 6) is -1.47. The van der Waals surface area contributed by atoms with Gasteiger partial charge in [-0.25, -0.2) is 4.39 Å². The molecule has 0 fully saturated rings. The van der Waals surface area contributed by atoms with Crippen LogP contribution in [-0.4, -0.2) is 11.1 Å². The van der Waals surface area contributed by atoms with Gasteiger partial charge in [-0.15, -0.1) is 0 Å². The molecule has 1 N–H and O–H groups in total. The number of hydrogen-bond acceptors (Lipinski definition) is 1. The fourth-order valence-corrected chi connectivity index (χ4v) is 1.77. The molecule has 0 aliphatic heterocycles. The number of halogens is 2. The van der Waals surface area contributed by atoms with Crippen molar-refractivity contribution >= 4 is 21.9 Å². The molecule has 0 amide bonds. The van der Waals surface area contributed by atoms with Gasteiger partial charge in [0.1, 0.15) is 5.82 Å². The first-order valence-electron chi connectivity index (χ1n) is 4.67. The maximum Gasteiger partial charge on any atom is 0.306 e. The minimum absolute atomic E-state index is 0.295. The Morgan fingerprint density at radius 2 is 2.27 bits per heavy atom. The summed E-state index contributed by atoms with van der Waals surface area (Å²) in [6, 6.07) is 4.44. The Morgan fingerprint density at radius 3 is 2.80 bits per heavy atom. The van der Waals surface area contributed by atoms with Gasteiger partial charge in [0.05, 0.1) is 5.92 Å². The molecular formula is C11H12BrFO2. The Bertz CT molecular complexity index is 366. The maximum atomic E-state index is 12.8. The Balaban J connectivity index is 2.62. The van der Waals surface area contributed by atoms with Gasteiger partial charge in [-0.05, 0) is 30.5 Å². The van der Waals surface area contributed by atoms with E-state index in [-0.39, 0.29) is 11.7 Å². The van der Waals surface area contributed by atoms with Crippen molar-refractivity contribution in [2.24, 2.45) is 5.92 Å². The van der Waals surface area contributed by atoms with Gasteiger partial charge in [0, 0.05) is 4.47 Å². The standard InChI is InChI=1S/C11H12BrFO2/c1-7(11(14)15)2-3-8-4-5-9(13)6-10(8)12/h4-7H,2-3H2,1H3,(H,14,15). The monoisotopic (exact) mass is 274 g/mol. The molecule has 1 atom stereocenters. The average Bonchev–Trinajstić information content (AvgIpc) is 2.15. The number of carboxylic acid groups (broad SMARTS) is 1. The van der Waals surface area contributed by atoms with Crippen molar-refractivity contribution in [1.82, 2.24) is 0 Å². The first-order chi connectivity index (χ1) is 7.00. The van der Waals surface area contributed by atoms with Crippen molar-refractivity contribution in [3.8, 4) is 0 Å². The van der Waals surface area contributed by atoms with E-state index in [1.54, 1.807) is 13.0 Å². The van der Waals surface area contributed by atoms with Crippen LogP contribution in [0.25, 0.3) is 0 Å². The van der Waals surface area contributed by atoms with E-state index in [1.165, 1.54) is 12.1 Å². The van der Waals surface area contributed by atoms with Crippen molar-refractivity contribution < 1.29 is 14.3 Å². The van der Waals surface area contributed by atoms with Gasteiger partial charge in [0.2, 0.25) is 0 Å². The molecule has 0 aliphatic carbocycles. The predicted molar refractivity (Wildman–Crippen MR) is 59.2 cm³/mol. The smallest absolute Gasteiger partial charge is 0.306 e. The fourth-order valence-electron chi connectivity index (χ4n) is 1.22. The number of carboxylic acids is 1.